The topological polar surface area (TPSA) is 33.6 Å². The Balaban J connectivity index is 1.97. The van der Waals surface area contributed by atoms with Gasteiger partial charge >= 0.3 is 6.18 Å². The number of ether oxygens (including phenoxy) is 1. The van der Waals surface area contributed by atoms with Crippen molar-refractivity contribution in [2.45, 2.75) is 19.5 Å². The van der Waals surface area contributed by atoms with Crippen molar-refractivity contribution in [3.05, 3.63) is 58.1 Å². The molecule has 128 valence electrons. The lowest BCUT2D eigenvalue weighted by Gasteiger charge is -2.08. The maximum Gasteiger partial charge on any atom is 0.416 e. The molecule has 0 radical (unpaired) electrons. The number of hydrogen-bond donors (Lipinski definition) is 1. The highest BCUT2D eigenvalue weighted by Crippen LogP contribution is 2.30. The summed E-state index contributed by atoms with van der Waals surface area (Å²) >= 11 is 3.43. The Morgan fingerprint density at radius 1 is 1.17 bits per heavy atom. The number of benzene rings is 2. The van der Waals surface area contributed by atoms with E-state index in [0.717, 1.165) is 34.3 Å². The minimum absolute atomic E-state index is 0.473. The summed E-state index contributed by atoms with van der Waals surface area (Å²) in [5.74, 6) is 0.754. The highest BCUT2D eigenvalue weighted by molar-refractivity contribution is 9.10. The first-order valence-corrected chi connectivity index (χ1v) is 8.08. The molecule has 7 heteroatoms. The van der Waals surface area contributed by atoms with Gasteiger partial charge in [0, 0.05) is 0 Å². The number of anilines is 1. The molecule has 1 N–H and O–H groups in total. The molecule has 2 aromatic rings. The molecular formula is C17H16BrF3N2O. The van der Waals surface area contributed by atoms with Crippen LogP contribution in [-0.4, -0.2) is 12.8 Å². The van der Waals surface area contributed by atoms with Gasteiger partial charge in [0.2, 0.25) is 0 Å². The van der Waals surface area contributed by atoms with Gasteiger partial charge in [-0.1, -0.05) is 6.92 Å². The predicted octanol–water partition coefficient (Wildman–Crippen LogP) is 5.70. The molecule has 0 unspecified atom stereocenters. The molecular weight excluding hydrogens is 385 g/mol. The predicted molar refractivity (Wildman–Crippen MR) is 92.6 cm³/mol. The Morgan fingerprint density at radius 3 is 2.46 bits per heavy atom. The van der Waals surface area contributed by atoms with E-state index in [-0.39, 0.29) is 0 Å². The van der Waals surface area contributed by atoms with Crippen LogP contribution < -0.4 is 10.2 Å². The Morgan fingerprint density at radius 2 is 1.88 bits per heavy atom. The van der Waals surface area contributed by atoms with E-state index >= 15 is 0 Å². The lowest BCUT2D eigenvalue weighted by Crippen LogP contribution is -2.04. The molecule has 0 fully saturated rings. The van der Waals surface area contributed by atoms with E-state index in [2.05, 4.69) is 26.5 Å². The second-order valence-corrected chi connectivity index (χ2v) is 5.84. The third kappa shape index (κ3) is 5.26. The van der Waals surface area contributed by atoms with E-state index in [4.69, 9.17) is 4.74 Å². The molecule has 0 saturated heterocycles. The smallest absolute Gasteiger partial charge is 0.416 e. The molecule has 0 aliphatic rings. The number of hydrazone groups is 1. The fraction of sp³-hybridized carbons (Fsp3) is 0.235. The van der Waals surface area contributed by atoms with Crippen LogP contribution in [0.2, 0.25) is 0 Å². The van der Waals surface area contributed by atoms with E-state index in [9.17, 15) is 13.2 Å². The number of alkyl halides is 3. The summed E-state index contributed by atoms with van der Waals surface area (Å²) in [5.41, 5.74) is 3.30. The summed E-state index contributed by atoms with van der Waals surface area (Å²) in [6, 6.07) is 10.2. The molecule has 0 bridgehead atoms. The number of rotatable bonds is 6. The largest absolute Gasteiger partial charge is 0.492 e. The van der Waals surface area contributed by atoms with Gasteiger partial charge in [-0.25, -0.2) is 0 Å². The quantitative estimate of drug-likeness (QED) is 0.498. The third-order valence-corrected chi connectivity index (χ3v) is 3.66. The van der Waals surface area contributed by atoms with Crippen molar-refractivity contribution in [1.29, 1.82) is 0 Å². The Hall–Kier alpha value is -2.02. The molecule has 2 rings (SSSR count). The third-order valence-electron chi connectivity index (χ3n) is 3.04. The van der Waals surface area contributed by atoms with E-state index in [1.807, 2.05) is 25.1 Å². The average Bonchev–Trinajstić information content (AvgIpc) is 2.54. The summed E-state index contributed by atoms with van der Waals surface area (Å²) in [6.07, 6.45) is -1.84. The summed E-state index contributed by atoms with van der Waals surface area (Å²) in [4.78, 5) is 0. The monoisotopic (exact) mass is 400 g/mol. The Kier molecular flexibility index (Phi) is 6.25. The first-order valence-electron chi connectivity index (χ1n) is 7.29. The van der Waals surface area contributed by atoms with Crippen LogP contribution >= 0.6 is 15.9 Å². The molecule has 0 aromatic heterocycles. The fourth-order valence-electron chi connectivity index (χ4n) is 1.84. The number of nitrogens with zero attached hydrogens (tertiary/aromatic N) is 1. The molecule has 0 aliphatic carbocycles. The minimum Gasteiger partial charge on any atom is -0.492 e. The zero-order valence-corrected chi connectivity index (χ0v) is 14.5. The van der Waals surface area contributed by atoms with Crippen LogP contribution in [0.5, 0.6) is 5.75 Å². The van der Waals surface area contributed by atoms with E-state index in [1.54, 1.807) is 6.21 Å². The van der Waals surface area contributed by atoms with Crippen LogP contribution in [0.15, 0.2) is 52.0 Å². The van der Waals surface area contributed by atoms with Crippen molar-refractivity contribution in [2.24, 2.45) is 5.10 Å². The molecule has 0 spiro atoms. The van der Waals surface area contributed by atoms with Gasteiger partial charge in [0.05, 0.1) is 28.5 Å². The summed E-state index contributed by atoms with van der Waals surface area (Å²) in [5, 5.41) is 4.02. The van der Waals surface area contributed by atoms with Crippen LogP contribution in [0.1, 0.15) is 24.5 Å². The highest BCUT2D eigenvalue weighted by atomic mass is 79.9. The van der Waals surface area contributed by atoms with Crippen LogP contribution in [-0.2, 0) is 6.18 Å². The van der Waals surface area contributed by atoms with E-state index in [1.165, 1.54) is 12.1 Å². The second-order valence-electron chi connectivity index (χ2n) is 4.98. The zero-order valence-electron chi connectivity index (χ0n) is 12.9. The molecule has 2 aromatic carbocycles. The van der Waals surface area contributed by atoms with Gasteiger partial charge < -0.3 is 4.74 Å². The van der Waals surface area contributed by atoms with Gasteiger partial charge in [-0.05, 0) is 70.4 Å². The maximum absolute atomic E-state index is 12.5. The molecule has 24 heavy (non-hydrogen) atoms. The van der Waals surface area contributed by atoms with Crippen molar-refractivity contribution >= 4 is 27.8 Å². The maximum atomic E-state index is 12.5. The van der Waals surface area contributed by atoms with Gasteiger partial charge in [0.15, 0.2) is 0 Å². The van der Waals surface area contributed by atoms with E-state index in [0.29, 0.717) is 12.3 Å². The van der Waals surface area contributed by atoms with Gasteiger partial charge in [-0.3, -0.25) is 5.43 Å². The lowest BCUT2D eigenvalue weighted by atomic mass is 10.2. The van der Waals surface area contributed by atoms with Gasteiger partial charge in [0.25, 0.3) is 0 Å². The molecule has 0 aliphatic heterocycles. The molecule has 0 atom stereocenters. The summed E-state index contributed by atoms with van der Waals surface area (Å²) in [6.45, 7) is 2.67. The standard InChI is InChI=1S/C17H16BrF3N2O/c1-2-9-24-16-8-3-12(10-15(16)18)11-22-23-14-6-4-13(5-7-14)17(19,20)21/h3-8,10-11,23H,2,9H2,1H3. The van der Waals surface area contributed by atoms with Crippen molar-refractivity contribution in [3.63, 3.8) is 0 Å². The lowest BCUT2D eigenvalue weighted by molar-refractivity contribution is -0.137. The average molecular weight is 401 g/mol. The zero-order chi connectivity index (χ0) is 17.6. The second kappa shape index (κ2) is 8.19. The number of halogens is 4. The van der Waals surface area contributed by atoms with E-state index < -0.39 is 11.7 Å². The highest BCUT2D eigenvalue weighted by Gasteiger charge is 2.29. The van der Waals surface area contributed by atoms with Crippen molar-refractivity contribution in [3.8, 4) is 5.75 Å². The van der Waals surface area contributed by atoms with Crippen molar-refractivity contribution in [2.75, 3.05) is 12.0 Å². The Labute approximate surface area is 146 Å². The molecule has 0 heterocycles. The SMILES string of the molecule is CCCOc1ccc(C=NNc2ccc(C(F)(F)F)cc2)cc1Br. The van der Waals surface area contributed by atoms with Gasteiger partial charge in [-0.2, -0.15) is 18.3 Å². The normalized spacial score (nSPS) is 11.7. The summed E-state index contributed by atoms with van der Waals surface area (Å²) in [7, 11) is 0. The first kappa shape index (κ1) is 18.3. The van der Waals surface area contributed by atoms with Gasteiger partial charge in [0.1, 0.15) is 5.75 Å². The van der Waals surface area contributed by atoms with Crippen molar-refractivity contribution in [1.82, 2.24) is 0 Å². The van der Waals surface area contributed by atoms with Crippen molar-refractivity contribution < 1.29 is 17.9 Å². The molecule has 0 amide bonds. The number of hydrogen-bond acceptors (Lipinski definition) is 3. The van der Waals surface area contributed by atoms with Gasteiger partial charge in [-0.15, -0.1) is 0 Å². The van der Waals surface area contributed by atoms with Crippen LogP contribution in [0.3, 0.4) is 0 Å². The number of nitrogens with one attached hydrogen (secondary N) is 1. The first-order chi connectivity index (χ1) is 11.4. The molecule has 0 saturated carbocycles. The van der Waals surface area contributed by atoms with Crippen LogP contribution in [0.25, 0.3) is 0 Å². The fourth-order valence-corrected chi connectivity index (χ4v) is 2.35. The molecule has 3 nitrogen and oxygen atoms in total. The van der Waals surface area contributed by atoms with Crippen LogP contribution in [0, 0.1) is 0 Å². The Bertz CT molecular complexity index is 700. The van der Waals surface area contributed by atoms with Crippen LogP contribution in [0.4, 0.5) is 18.9 Å². The summed E-state index contributed by atoms with van der Waals surface area (Å²) < 4.78 is 43.8. The minimum atomic E-state index is -4.34.